The first-order valence-electron chi connectivity index (χ1n) is 9.43. The van der Waals surface area contributed by atoms with Crippen molar-refractivity contribution in [3.63, 3.8) is 0 Å². The van der Waals surface area contributed by atoms with Crippen LogP contribution < -0.4 is 15.2 Å². The van der Waals surface area contributed by atoms with E-state index in [0.717, 1.165) is 5.56 Å². The van der Waals surface area contributed by atoms with Crippen LogP contribution in [0.2, 0.25) is 0 Å². The molecule has 2 aliphatic heterocycles. The molecule has 10 heteroatoms. The zero-order valence-corrected chi connectivity index (χ0v) is 18.0. The molecule has 0 fully saturated rings. The van der Waals surface area contributed by atoms with E-state index in [0.29, 0.717) is 46.8 Å². The Morgan fingerprint density at radius 1 is 1.00 bits per heavy atom. The molecule has 0 spiro atoms. The van der Waals surface area contributed by atoms with Crippen molar-refractivity contribution in [3.8, 4) is 11.5 Å². The minimum Gasteiger partial charge on any atom is -0.494 e. The van der Waals surface area contributed by atoms with Gasteiger partial charge in [0.2, 0.25) is 5.75 Å². The molecular formula is C21H24N4O6. The van der Waals surface area contributed by atoms with Gasteiger partial charge in [-0.05, 0) is 24.6 Å². The number of nitrogens with two attached hydrogens (primary N) is 1. The number of rotatable bonds is 3. The van der Waals surface area contributed by atoms with Crippen LogP contribution in [0.5, 0.6) is 11.5 Å². The van der Waals surface area contributed by atoms with Crippen LogP contribution in [0.4, 0.5) is 11.4 Å². The van der Waals surface area contributed by atoms with Crippen molar-refractivity contribution in [1.29, 1.82) is 0 Å². The predicted molar refractivity (Wildman–Crippen MR) is 113 cm³/mol. The topological polar surface area (TPSA) is 128 Å². The molecule has 164 valence electrons. The summed E-state index contributed by atoms with van der Waals surface area (Å²) in [7, 11) is 6.36. The van der Waals surface area contributed by atoms with Gasteiger partial charge in [-0.15, -0.1) is 0 Å². The third kappa shape index (κ3) is 3.60. The molecule has 2 aromatic carbocycles. The van der Waals surface area contributed by atoms with Crippen molar-refractivity contribution in [3.05, 3.63) is 56.1 Å². The van der Waals surface area contributed by atoms with Gasteiger partial charge < -0.3 is 25.0 Å². The van der Waals surface area contributed by atoms with Gasteiger partial charge in [-0.1, -0.05) is 0 Å². The maximum Gasteiger partial charge on any atom is 0.311 e. The number of hydrogen-bond donors (Lipinski definition) is 1. The van der Waals surface area contributed by atoms with Crippen molar-refractivity contribution in [2.75, 3.05) is 34.0 Å². The average molecular weight is 428 g/mol. The van der Waals surface area contributed by atoms with Crippen molar-refractivity contribution in [2.24, 2.45) is 0 Å². The molecule has 0 bridgehead atoms. The third-order valence-corrected chi connectivity index (χ3v) is 5.38. The van der Waals surface area contributed by atoms with E-state index in [9.17, 15) is 19.7 Å². The Morgan fingerprint density at radius 2 is 1.58 bits per heavy atom. The Bertz CT molecular complexity index is 1100. The number of hydrogen-bond acceptors (Lipinski definition) is 7. The SMILES string of the molecule is COc1c(N)ccc2c1CN(C)C2=O.COc1c([N+](=O)[O-])cc(C)c2c1CN(C)C2=O. The molecule has 0 aliphatic carbocycles. The summed E-state index contributed by atoms with van der Waals surface area (Å²) in [4.78, 5) is 37.1. The van der Waals surface area contributed by atoms with Crippen LogP contribution in [0.15, 0.2) is 18.2 Å². The molecular weight excluding hydrogens is 404 g/mol. The van der Waals surface area contributed by atoms with E-state index < -0.39 is 4.92 Å². The summed E-state index contributed by atoms with van der Waals surface area (Å²) < 4.78 is 10.3. The Hall–Kier alpha value is -3.82. The highest BCUT2D eigenvalue weighted by atomic mass is 16.6. The van der Waals surface area contributed by atoms with E-state index in [1.807, 2.05) is 0 Å². The lowest BCUT2D eigenvalue weighted by Crippen LogP contribution is -2.17. The maximum absolute atomic E-state index is 11.9. The number of nitrogen functional groups attached to an aromatic ring is 1. The molecule has 0 radical (unpaired) electrons. The van der Waals surface area contributed by atoms with Crippen LogP contribution in [0.25, 0.3) is 0 Å². The minimum absolute atomic E-state index is 0.0262. The van der Waals surface area contributed by atoms with Crippen LogP contribution in [0, 0.1) is 17.0 Å². The predicted octanol–water partition coefficient (Wildman–Crippen LogP) is 2.36. The Labute approximate surface area is 179 Å². The summed E-state index contributed by atoms with van der Waals surface area (Å²) in [5.74, 6) is 0.720. The first-order chi connectivity index (χ1) is 14.6. The molecule has 0 saturated carbocycles. The van der Waals surface area contributed by atoms with Gasteiger partial charge in [0.15, 0.2) is 0 Å². The van der Waals surface area contributed by atoms with Gasteiger partial charge in [0, 0.05) is 36.9 Å². The lowest BCUT2D eigenvalue weighted by molar-refractivity contribution is -0.385. The van der Waals surface area contributed by atoms with E-state index in [2.05, 4.69) is 0 Å². The number of carbonyl (C=O) groups is 2. The summed E-state index contributed by atoms with van der Waals surface area (Å²) in [6, 6.07) is 4.84. The van der Waals surface area contributed by atoms with Gasteiger partial charge in [-0.2, -0.15) is 0 Å². The lowest BCUT2D eigenvalue weighted by atomic mass is 10.0. The van der Waals surface area contributed by atoms with Crippen LogP contribution in [-0.4, -0.2) is 54.9 Å². The highest BCUT2D eigenvalue weighted by molar-refractivity contribution is 6.01. The largest absolute Gasteiger partial charge is 0.494 e. The number of carbonyl (C=O) groups excluding carboxylic acids is 2. The zero-order chi connectivity index (χ0) is 23.0. The molecule has 10 nitrogen and oxygen atoms in total. The summed E-state index contributed by atoms with van der Waals surface area (Å²) >= 11 is 0. The summed E-state index contributed by atoms with van der Waals surface area (Å²) in [6.07, 6.45) is 0. The molecule has 2 N–H and O–H groups in total. The quantitative estimate of drug-likeness (QED) is 0.451. The number of aryl methyl sites for hydroxylation is 1. The second-order valence-corrected chi connectivity index (χ2v) is 7.39. The fraction of sp³-hybridized carbons (Fsp3) is 0.333. The number of fused-ring (bicyclic) bond motifs is 2. The molecule has 0 atom stereocenters. The normalized spacial score (nSPS) is 14.1. The number of amides is 2. The zero-order valence-electron chi connectivity index (χ0n) is 18.0. The molecule has 31 heavy (non-hydrogen) atoms. The third-order valence-electron chi connectivity index (χ3n) is 5.38. The second kappa shape index (κ2) is 8.13. The van der Waals surface area contributed by atoms with E-state index >= 15 is 0 Å². The fourth-order valence-corrected chi connectivity index (χ4v) is 3.92. The Kier molecular flexibility index (Phi) is 5.74. The molecule has 2 aliphatic rings. The van der Waals surface area contributed by atoms with Crippen molar-refractivity contribution in [2.45, 2.75) is 20.0 Å². The highest BCUT2D eigenvalue weighted by Gasteiger charge is 2.34. The number of nitrogens with zero attached hydrogens (tertiary/aromatic N) is 3. The summed E-state index contributed by atoms with van der Waals surface area (Å²) in [5.41, 5.74) is 9.55. The monoisotopic (exact) mass is 428 g/mol. The number of ether oxygens (including phenoxy) is 2. The smallest absolute Gasteiger partial charge is 0.311 e. The van der Waals surface area contributed by atoms with Gasteiger partial charge in [-0.25, -0.2) is 0 Å². The van der Waals surface area contributed by atoms with Crippen molar-refractivity contribution in [1.82, 2.24) is 9.80 Å². The van der Waals surface area contributed by atoms with Crippen LogP contribution in [-0.2, 0) is 13.1 Å². The Balaban J connectivity index is 0.000000179. The fourth-order valence-electron chi connectivity index (χ4n) is 3.92. The van der Waals surface area contributed by atoms with Crippen molar-refractivity contribution >= 4 is 23.2 Å². The molecule has 4 rings (SSSR count). The van der Waals surface area contributed by atoms with Crippen LogP contribution in [0.3, 0.4) is 0 Å². The van der Waals surface area contributed by atoms with Gasteiger partial charge in [-0.3, -0.25) is 19.7 Å². The maximum atomic E-state index is 11.9. The minimum atomic E-state index is -0.491. The number of nitro groups is 1. The van der Waals surface area contributed by atoms with Crippen LogP contribution in [0.1, 0.15) is 37.4 Å². The number of anilines is 1. The molecule has 2 heterocycles. The number of benzene rings is 2. The number of methoxy groups -OCH3 is 2. The first kappa shape index (κ1) is 21.9. The van der Waals surface area contributed by atoms with E-state index in [-0.39, 0.29) is 23.3 Å². The summed E-state index contributed by atoms with van der Waals surface area (Å²) in [6.45, 7) is 2.62. The standard InChI is InChI=1S/C11H12N2O4.C10H12N2O2/c1-6-4-8(13(15)16)10(17-3)7-5-12(2)11(14)9(6)7;1-12-5-7-6(10(12)13)3-4-8(11)9(7)14-2/h4H,5H2,1-3H3;3-4H,5,11H2,1-2H3. The molecule has 2 aromatic rings. The highest BCUT2D eigenvalue weighted by Crippen LogP contribution is 2.39. The molecule has 0 aromatic heterocycles. The number of nitro benzene ring substituents is 1. The van der Waals surface area contributed by atoms with E-state index in [1.165, 1.54) is 18.1 Å². The first-order valence-corrected chi connectivity index (χ1v) is 9.43. The van der Waals surface area contributed by atoms with Gasteiger partial charge in [0.05, 0.1) is 43.5 Å². The molecule has 2 amide bonds. The second-order valence-electron chi connectivity index (χ2n) is 7.39. The van der Waals surface area contributed by atoms with Crippen LogP contribution >= 0.6 is 0 Å². The average Bonchev–Trinajstić information content (AvgIpc) is 3.18. The van der Waals surface area contributed by atoms with E-state index in [1.54, 1.807) is 45.2 Å². The summed E-state index contributed by atoms with van der Waals surface area (Å²) in [5, 5.41) is 10.9. The molecule has 0 unspecified atom stereocenters. The van der Waals surface area contributed by atoms with Gasteiger partial charge >= 0.3 is 5.69 Å². The van der Waals surface area contributed by atoms with E-state index in [4.69, 9.17) is 15.2 Å². The Morgan fingerprint density at radius 3 is 2.16 bits per heavy atom. The molecule has 0 saturated heterocycles. The van der Waals surface area contributed by atoms with Gasteiger partial charge in [0.1, 0.15) is 5.75 Å². The van der Waals surface area contributed by atoms with Gasteiger partial charge in [0.25, 0.3) is 11.8 Å². The van der Waals surface area contributed by atoms with Crippen molar-refractivity contribution < 1.29 is 24.0 Å². The lowest BCUT2D eigenvalue weighted by Gasteiger charge is -2.08.